The van der Waals surface area contributed by atoms with Crippen molar-refractivity contribution in [1.82, 2.24) is 15.0 Å². The van der Waals surface area contributed by atoms with Crippen LogP contribution in [0.4, 0.5) is 0 Å². The molecular weight excluding hydrogens is 270 g/mol. The lowest BCUT2D eigenvalue weighted by Gasteiger charge is -2.07. The van der Waals surface area contributed by atoms with Gasteiger partial charge in [0.2, 0.25) is 0 Å². The molecule has 0 aliphatic rings. The van der Waals surface area contributed by atoms with Gasteiger partial charge < -0.3 is 4.98 Å². The highest BCUT2D eigenvalue weighted by atomic mass is 35.5. The van der Waals surface area contributed by atoms with E-state index in [2.05, 4.69) is 27.1 Å². The fourth-order valence-electron chi connectivity index (χ4n) is 2.46. The number of pyridine rings is 1. The molecule has 0 amide bonds. The highest BCUT2D eigenvalue weighted by molar-refractivity contribution is 6.37. The predicted octanol–water partition coefficient (Wildman–Crippen LogP) is 4.43. The smallest absolute Gasteiger partial charge is 0.116 e. The molecule has 0 fully saturated rings. The normalized spacial score (nSPS) is 11.2. The van der Waals surface area contributed by atoms with E-state index in [-0.39, 0.29) is 0 Å². The average Bonchev–Trinajstić information content (AvgIpc) is 2.96. The van der Waals surface area contributed by atoms with E-state index in [0.717, 1.165) is 33.2 Å². The van der Waals surface area contributed by atoms with Crippen LogP contribution in [-0.4, -0.2) is 15.0 Å². The molecule has 0 unspecified atom stereocenters. The lowest BCUT2D eigenvalue weighted by Crippen LogP contribution is -1.87. The topological polar surface area (TPSA) is 41.6 Å². The zero-order valence-electron chi connectivity index (χ0n) is 10.5. The van der Waals surface area contributed by atoms with Crippen molar-refractivity contribution in [1.29, 1.82) is 0 Å². The molecule has 2 aromatic carbocycles. The number of H-pyrrole nitrogens is 1. The first-order valence-corrected chi connectivity index (χ1v) is 6.68. The zero-order chi connectivity index (χ0) is 13.5. The standard InChI is InChI=1S/C16H10ClN3/c17-11-8-14(10-4-2-1-3-5-10)20-12-6-7-13-16(15(11)12)19-9-18-13/h1-9,20H. The first kappa shape index (κ1) is 11.4. The maximum atomic E-state index is 6.46. The Morgan fingerprint density at radius 3 is 2.65 bits per heavy atom. The van der Waals surface area contributed by atoms with Crippen molar-refractivity contribution >= 4 is 33.5 Å². The minimum atomic E-state index is 0.684. The Morgan fingerprint density at radius 1 is 0.950 bits per heavy atom. The van der Waals surface area contributed by atoms with Crippen molar-refractivity contribution in [3.63, 3.8) is 0 Å². The molecule has 0 saturated heterocycles. The van der Waals surface area contributed by atoms with Gasteiger partial charge in [0, 0.05) is 16.6 Å². The third-order valence-electron chi connectivity index (χ3n) is 3.40. The van der Waals surface area contributed by atoms with Gasteiger partial charge in [0.15, 0.2) is 0 Å². The maximum Gasteiger partial charge on any atom is 0.116 e. The molecule has 96 valence electrons. The molecule has 0 saturated carbocycles. The molecule has 2 aromatic heterocycles. The van der Waals surface area contributed by atoms with Crippen LogP contribution in [0, 0.1) is 0 Å². The fourth-order valence-corrected chi connectivity index (χ4v) is 2.76. The molecule has 0 bridgehead atoms. The second-order valence-corrected chi connectivity index (χ2v) is 5.03. The minimum absolute atomic E-state index is 0.684. The molecule has 0 aliphatic carbocycles. The molecule has 0 aliphatic heterocycles. The maximum absolute atomic E-state index is 6.46. The summed E-state index contributed by atoms with van der Waals surface area (Å²) >= 11 is 6.46. The van der Waals surface area contributed by atoms with Gasteiger partial charge in [-0.3, -0.25) is 0 Å². The first-order chi connectivity index (χ1) is 9.83. The Kier molecular flexibility index (Phi) is 2.47. The van der Waals surface area contributed by atoms with Crippen molar-refractivity contribution in [3.05, 3.63) is 59.9 Å². The Balaban J connectivity index is 2.06. The number of rotatable bonds is 1. The van der Waals surface area contributed by atoms with Gasteiger partial charge in [-0.25, -0.2) is 9.97 Å². The SMILES string of the molecule is Clc1cc(-c2ccccc2)[nH]c2ccc3ncnc3c12. The molecule has 0 radical (unpaired) electrons. The second-order valence-electron chi connectivity index (χ2n) is 4.63. The van der Waals surface area contributed by atoms with Crippen LogP contribution in [0.1, 0.15) is 0 Å². The van der Waals surface area contributed by atoms with Crippen LogP contribution >= 0.6 is 11.6 Å². The highest BCUT2D eigenvalue weighted by Gasteiger charge is 2.10. The number of hydrogen-bond acceptors (Lipinski definition) is 2. The molecule has 2 heterocycles. The third-order valence-corrected chi connectivity index (χ3v) is 3.70. The molecule has 0 spiro atoms. The quantitative estimate of drug-likeness (QED) is 0.560. The van der Waals surface area contributed by atoms with Crippen LogP contribution in [0.5, 0.6) is 0 Å². The van der Waals surface area contributed by atoms with Crippen molar-refractivity contribution in [2.75, 3.05) is 0 Å². The molecule has 3 nitrogen and oxygen atoms in total. The van der Waals surface area contributed by atoms with E-state index >= 15 is 0 Å². The van der Waals surface area contributed by atoms with Crippen LogP contribution in [-0.2, 0) is 0 Å². The van der Waals surface area contributed by atoms with Crippen molar-refractivity contribution in [2.45, 2.75) is 0 Å². The fraction of sp³-hybridized carbons (Fsp3) is 0. The van der Waals surface area contributed by atoms with E-state index in [4.69, 9.17) is 11.6 Å². The molecule has 20 heavy (non-hydrogen) atoms. The summed E-state index contributed by atoms with van der Waals surface area (Å²) in [6.45, 7) is 0. The van der Waals surface area contributed by atoms with Crippen LogP contribution in [0.2, 0.25) is 5.02 Å². The molecular formula is C16H10ClN3. The lowest BCUT2D eigenvalue weighted by atomic mass is 10.1. The number of nitrogens with one attached hydrogen (secondary N) is 1. The van der Waals surface area contributed by atoms with Crippen molar-refractivity contribution < 1.29 is 0 Å². The number of halogens is 1. The summed E-state index contributed by atoms with van der Waals surface area (Å²) in [6.07, 6.45) is 1.56. The van der Waals surface area contributed by atoms with E-state index < -0.39 is 0 Å². The average molecular weight is 280 g/mol. The summed E-state index contributed by atoms with van der Waals surface area (Å²) in [5.41, 5.74) is 4.75. The Labute approximate surface area is 120 Å². The van der Waals surface area contributed by atoms with Gasteiger partial charge in [-0.1, -0.05) is 41.9 Å². The lowest BCUT2D eigenvalue weighted by molar-refractivity contribution is 1.35. The number of benzene rings is 2. The van der Waals surface area contributed by atoms with Gasteiger partial charge in [0.05, 0.1) is 10.5 Å². The number of fused-ring (bicyclic) bond motifs is 3. The highest BCUT2D eigenvalue weighted by Crippen LogP contribution is 2.31. The largest absolute Gasteiger partial charge is 0.354 e. The van der Waals surface area contributed by atoms with Gasteiger partial charge in [-0.2, -0.15) is 0 Å². The number of imidazole rings is 1. The van der Waals surface area contributed by atoms with Gasteiger partial charge >= 0.3 is 0 Å². The van der Waals surface area contributed by atoms with E-state index in [1.54, 1.807) is 6.33 Å². The number of aromatic amines is 1. The Morgan fingerprint density at radius 2 is 1.80 bits per heavy atom. The van der Waals surface area contributed by atoms with E-state index in [1.807, 2.05) is 36.4 Å². The summed E-state index contributed by atoms with van der Waals surface area (Å²) in [4.78, 5) is 11.9. The summed E-state index contributed by atoms with van der Waals surface area (Å²) in [5.74, 6) is 0. The van der Waals surface area contributed by atoms with Crippen LogP contribution in [0.15, 0.2) is 54.9 Å². The Hall–Kier alpha value is -2.39. The first-order valence-electron chi connectivity index (χ1n) is 6.30. The predicted molar refractivity (Wildman–Crippen MR) is 81.8 cm³/mol. The van der Waals surface area contributed by atoms with E-state index in [1.165, 1.54) is 0 Å². The Bertz CT molecular complexity index is 913. The molecule has 1 N–H and O–H groups in total. The van der Waals surface area contributed by atoms with Crippen molar-refractivity contribution in [3.8, 4) is 11.3 Å². The van der Waals surface area contributed by atoms with Crippen LogP contribution in [0.3, 0.4) is 0 Å². The van der Waals surface area contributed by atoms with Gasteiger partial charge in [-0.15, -0.1) is 0 Å². The zero-order valence-corrected chi connectivity index (χ0v) is 11.2. The number of hydrogen-bond donors (Lipinski definition) is 1. The third kappa shape index (κ3) is 1.67. The molecule has 4 rings (SSSR count). The summed E-state index contributed by atoms with van der Waals surface area (Å²) in [6, 6.07) is 16.0. The van der Waals surface area contributed by atoms with Gasteiger partial charge in [0.25, 0.3) is 0 Å². The van der Waals surface area contributed by atoms with E-state index in [0.29, 0.717) is 5.02 Å². The monoisotopic (exact) mass is 279 g/mol. The summed E-state index contributed by atoms with van der Waals surface area (Å²) < 4.78 is 0. The second kappa shape index (κ2) is 4.32. The molecule has 4 heteroatoms. The molecule has 4 aromatic rings. The summed E-state index contributed by atoms with van der Waals surface area (Å²) in [5, 5.41) is 1.60. The van der Waals surface area contributed by atoms with Gasteiger partial charge in [0.1, 0.15) is 11.8 Å². The number of aromatic nitrogens is 3. The minimum Gasteiger partial charge on any atom is -0.354 e. The number of nitrogens with zero attached hydrogens (tertiary/aromatic N) is 2. The summed E-state index contributed by atoms with van der Waals surface area (Å²) in [7, 11) is 0. The molecule has 0 atom stereocenters. The van der Waals surface area contributed by atoms with Gasteiger partial charge in [-0.05, 0) is 23.8 Å². The van der Waals surface area contributed by atoms with Crippen LogP contribution in [0.25, 0.3) is 33.2 Å². The van der Waals surface area contributed by atoms with Crippen LogP contribution < -0.4 is 0 Å². The van der Waals surface area contributed by atoms with E-state index in [9.17, 15) is 0 Å². The van der Waals surface area contributed by atoms with Crippen molar-refractivity contribution in [2.24, 2.45) is 0 Å².